The Morgan fingerprint density at radius 1 is 1.27 bits per heavy atom. The van der Waals surface area contributed by atoms with Crippen LogP contribution in [0.15, 0.2) is 12.2 Å². The van der Waals surface area contributed by atoms with Gasteiger partial charge in [-0.25, -0.2) is 4.79 Å². The Hall–Kier alpha value is -1.16. The van der Waals surface area contributed by atoms with Gasteiger partial charge in [0.2, 0.25) is 5.78 Å². The van der Waals surface area contributed by atoms with Crippen LogP contribution in [0.4, 0.5) is 0 Å². The van der Waals surface area contributed by atoms with Gasteiger partial charge in [0.25, 0.3) is 5.24 Å². The highest BCUT2D eigenvalue weighted by Crippen LogP contribution is 1.86. The predicted molar refractivity (Wildman–Crippen MR) is 37.0 cm³/mol. The van der Waals surface area contributed by atoms with Crippen LogP contribution in [0, 0.1) is 0 Å². The normalized spacial score (nSPS) is 9.64. The van der Waals surface area contributed by atoms with Crippen LogP contribution in [0.5, 0.6) is 0 Å². The van der Waals surface area contributed by atoms with Crippen LogP contribution in [0.2, 0.25) is 0 Å². The topological polar surface area (TPSA) is 60.4 Å². The average Bonchev–Trinajstić information content (AvgIpc) is 1.99. The molecule has 5 heteroatoms. The van der Waals surface area contributed by atoms with Crippen molar-refractivity contribution >= 4 is 28.6 Å². The lowest BCUT2D eigenvalue weighted by Crippen LogP contribution is -2.04. The minimum Gasteiger partial charge on any atom is -0.466 e. The summed E-state index contributed by atoms with van der Waals surface area (Å²) in [5, 5.41) is -1.13. The van der Waals surface area contributed by atoms with Crippen LogP contribution >= 0.6 is 11.6 Å². The second-order valence-corrected chi connectivity index (χ2v) is 1.84. The van der Waals surface area contributed by atoms with Crippen LogP contribution in [0.3, 0.4) is 0 Å². The van der Waals surface area contributed by atoms with E-state index in [-0.39, 0.29) is 0 Å². The van der Waals surface area contributed by atoms with Crippen LogP contribution in [0.1, 0.15) is 0 Å². The van der Waals surface area contributed by atoms with Crippen molar-refractivity contribution in [1.82, 2.24) is 0 Å². The van der Waals surface area contributed by atoms with Crippen molar-refractivity contribution in [3.05, 3.63) is 12.2 Å². The van der Waals surface area contributed by atoms with E-state index in [4.69, 9.17) is 11.6 Å². The lowest BCUT2D eigenvalue weighted by molar-refractivity contribution is -0.135. The van der Waals surface area contributed by atoms with Crippen LogP contribution in [-0.2, 0) is 19.1 Å². The van der Waals surface area contributed by atoms with Crippen LogP contribution in [-0.4, -0.2) is 24.1 Å². The highest BCUT2D eigenvalue weighted by molar-refractivity contribution is 6.82. The third-order valence-electron chi connectivity index (χ3n) is 0.766. The number of methoxy groups -OCH3 is 1. The minimum atomic E-state index is -1.13. The smallest absolute Gasteiger partial charge is 0.330 e. The Labute approximate surface area is 67.8 Å². The van der Waals surface area contributed by atoms with E-state index >= 15 is 0 Å². The van der Waals surface area contributed by atoms with Gasteiger partial charge in [0.15, 0.2) is 0 Å². The van der Waals surface area contributed by atoms with E-state index in [0.29, 0.717) is 0 Å². The third kappa shape index (κ3) is 4.27. The Kier molecular flexibility index (Phi) is 4.14. The molecule has 0 amide bonds. The standard InChI is InChI=1S/C6H5ClO4/c1-11-5(9)3-2-4(8)6(7)10/h2-3H,1H3/b3-2+. The number of ketones is 1. The maximum atomic E-state index is 10.4. The van der Waals surface area contributed by atoms with Gasteiger partial charge in [0.05, 0.1) is 7.11 Å². The zero-order valence-electron chi connectivity index (χ0n) is 5.67. The molecule has 0 unspecified atom stereocenters. The van der Waals surface area contributed by atoms with E-state index in [2.05, 4.69) is 4.74 Å². The van der Waals surface area contributed by atoms with E-state index in [0.717, 1.165) is 19.3 Å². The van der Waals surface area contributed by atoms with Crippen molar-refractivity contribution in [3.8, 4) is 0 Å². The summed E-state index contributed by atoms with van der Waals surface area (Å²) in [6, 6.07) is 0. The Balaban J connectivity index is 4.04. The molecule has 0 radical (unpaired) electrons. The van der Waals surface area contributed by atoms with Gasteiger partial charge in [-0.05, 0) is 17.7 Å². The molecule has 0 aliphatic rings. The zero-order chi connectivity index (χ0) is 8.85. The van der Waals surface area contributed by atoms with Gasteiger partial charge in [-0.15, -0.1) is 0 Å². The summed E-state index contributed by atoms with van der Waals surface area (Å²) >= 11 is 4.76. The summed E-state index contributed by atoms with van der Waals surface area (Å²) in [4.78, 5) is 30.8. The van der Waals surface area contributed by atoms with Crippen molar-refractivity contribution in [2.24, 2.45) is 0 Å². The molecule has 0 aliphatic carbocycles. The molecule has 0 saturated carbocycles. The molecule has 0 fully saturated rings. The molecule has 0 bridgehead atoms. The fourth-order valence-corrected chi connectivity index (χ4v) is 0.340. The maximum absolute atomic E-state index is 10.4. The summed E-state index contributed by atoms with van der Waals surface area (Å²) in [7, 11) is 1.15. The largest absolute Gasteiger partial charge is 0.466 e. The van der Waals surface area contributed by atoms with Gasteiger partial charge in [-0.1, -0.05) is 0 Å². The van der Waals surface area contributed by atoms with Crippen molar-refractivity contribution in [1.29, 1.82) is 0 Å². The highest BCUT2D eigenvalue weighted by atomic mass is 35.5. The monoisotopic (exact) mass is 176 g/mol. The number of allylic oxidation sites excluding steroid dienone is 1. The molecule has 0 rings (SSSR count). The van der Waals surface area contributed by atoms with Gasteiger partial charge >= 0.3 is 5.97 Å². The number of hydrogen-bond acceptors (Lipinski definition) is 4. The minimum absolute atomic E-state index is 0.712. The molecule has 4 nitrogen and oxygen atoms in total. The fourth-order valence-electron chi connectivity index (χ4n) is 0.277. The van der Waals surface area contributed by atoms with Crippen LogP contribution in [0.25, 0.3) is 0 Å². The Morgan fingerprint density at radius 2 is 1.82 bits per heavy atom. The Bertz CT molecular complexity index is 219. The molecule has 0 aliphatic heterocycles. The number of ether oxygens (including phenoxy) is 1. The lowest BCUT2D eigenvalue weighted by atomic mass is 10.4. The number of carbonyl (C=O) groups is 3. The second kappa shape index (κ2) is 4.62. The molecule has 0 saturated heterocycles. The quantitative estimate of drug-likeness (QED) is 0.264. The van der Waals surface area contributed by atoms with Gasteiger partial charge in [0.1, 0.15) is 0 Å². The van der Waals surface area contributed by atoms with Crippen LogP contribution < -0.4 is 0 Å². The van der Waals surface area contributed by atoms with E-state index in [9.17, 15) is 14.4 Å². The molecule has 0 spiro atoms. The number of hydrogen-bond donors (Lipinski definition) is 0. The summed E-state index contributed by atoms with van der Waals surface area (Å²) < 4.78 is 4.15. The molecule has 0 aromatic heterocycles. The van der Waals surface area contributed by atoms with Crippen molar-refractivity contribution < 1.29 is 19.1 Å². The third-order valence-corrected chi connectivity index (χ3v) is 0.952. The molecule has 0 N–H and O–H groups in total. The molecule has 11 heavy (non-hydrogen) atoms. The summed E-state index contributed by atoms with van der Waals surface area (Å²) in [6.07, 6.45) is 1.57. The maximum Gasteiger partial charge on any atom is 0.330 e. The number of carbonyl (C=O) groups excluding carboxylic acids is 3. The zero-order valence-corrected chi connectivity index (χ0v) is 6.42. The number of esters is 1. The van der Waals surface area contributed by atoms with Gasteiger partial charge < -0.3 is 4.74 Å². The average molecular weight is 177 g/mol. The molecule has 0 atom stereocenters. The van der Waals surface area contributed by atoms with Crippen molar-refractivity contribution in [3.63, 3.8) is 0 Å². The van der Waals surface area contributed by atoms with Crippen molar-refractivity contribution in [2.75, 3.05) is 7.11 Å². The van der Waals surface area contributed by atoms with E-state index in [1.807, 2.05) is 0 Å². The van der Waals surface area contributed by atoms with E-state index in [1.54, 1.807) is 0 Å². The van der Waals surface area contributed by atoms with Gasteiger partial charge in [-0.2, -0.15) is 0 Å². The molecular weight excluding hydrogens is 172 g/mol. The van der Waals surface area contributed by atoms with E-state index < -0.39 is 17.0 Å². The molecule has 60 valence electrons. The second-order valence-electron chi connectivity index (χ2n) is 1.49. The fraction of sp³-hybridized carbons (Fsp3) is 0.167. The van der Waals surface area contributed by atoms with Gasteiger partial charge in [-0.3, -0.25) is 9.59 Å². The highest BCUT2D eigenvalue weighted by Gasteiger charge is 2.05. The summed E-state index contributed by atoms with van der Waals surface area (Å²) in [5.41, 5.74) is 0. The number of rotatable bonds is 3. The SMILES string of the molecule is COC(=O)/C=C/C(=O)C(=O)Cl. The molecule has 0 heterocycles. The first-order valence-electron chi connectivity index (χ1n) is 2.57. The Morgan fingerprint density at radius 3 is 2.18 bits per heavy atom. The molecule has 0 aromatic rings. The predicted octanol–water partition coefficient (Wildman–Crippen LogP) is 0.0501. The first-order chi connectivity index (χ1) is 5.07. The van der Waals surface area contributed by atoms with Gasteiger partial charge in [0, 0.05) is 6.08 Å². The number of halogens is 1. The molecular formula is C6H5ClO4. The molecule has 0 aromatic carbocycles. The van der Waals surface area contributed by atoms with E-state index in [1.165, 1.54) is 0 Å². The first-order valence-corrected chi connectivity index (χ1v) is 2.95. The van der Waals surface area contributed by atoms with Crippen molar-refractivity contribution in [2.45, 2.75) is 0 Å². The first kappa shape index (κ1) is 9.84. The summed E-state index contributed by atoms with van der Waals surface area (Å²) in [5.74, 6) is -1.66. The lowest BCUT2D eigenvalue weighted by Gasteiger charge is -1.86. The summed E-state index contributed by atoms with van der Waals surface area (Å²) in [6.45, 7) is 0.